The molecule has 1 fully saturated rings. The van der Waals surface area contributed by atoms with Crippen LogP contribution in [0, 0.1) is 0 Å². The summed E-state index contributed by atoms with van der Waals surface area (Å²) in [6.45, 7) is 2.13. The fourth-order valence-electron chi connectivity index (χ4n) is 2.21. The molecule has 1 amide bonds. The number of carbonyl (C=O) groups is 2. The Balaban J connectivity index is 2.74. The molecule has 19 heavy (non-hydrogen) atoms. The number of carboxylic acid groups (broad SMARTS) is 1. The van der Waals surface area contributed by atoms with E-state index in [-0.39, 0.29) is 0 Å². The number of carboxylic acids is 1. The minimum atomic E-state index is -3.44. The number of hydrogen-bond acceptors (Lipinski definition) is 4. The van der Waals surface area contributed by atoms with E-state index in [0.717, 1.165) is 10.6 Å². The van der Waals surface area contributed by atoms with Gasteiger partial charge in [0.25, 0.3) is 0 Å². The van der Waals surface area contributed by atoms with Crippen LogP contribution in [0.15, 0.2) is 0 Å². The summed E-state index contributed by atoms with van der Waals surface area (Å²) >= 11 is 0. The summed E-state index contributed by atoms with van der Waals surface area (Å²) < 4.78 is 24.2. The van der Waals surface area contributed by atoms with Gasteiger partial charge in [-0.25, -0.2) is 13.2 Å². The molecule has 1 heterocycles. The maximum atomic E-state index is 12.0. The van der Waals surface area contributed by atoms with Gasteiger partial charge in [0.1, 0.15) is 12.1 Å². The number of aliphatic carboxylic acids is 1. The minimum absolute atomic E-state index is 0.308. The van der Waals surface area contributed by atoms with Gasteiger partial charge in [-0.05, 0) is 19.3 Å². The Kier molecular flexibility index (Phi) is 5.30. The highest BCUT2D eigenvalue weighted by Crippen LogP contribution is 2.20. The van der Waals surface area contributed by atoms with Crippen molar-refractivity contribution in [2.45, 2.75) is 44.7 Å². The lowest BCUT2D eigenvalue weighted by molar-refractivity contribution is -0.142. The molecule has 110 valence electrons. The topological polar surface area (TPSA) is 104 Å². The van der Waals surface area contributed by atoms with Crippen LogP contribution in [0.4, 0.5) is 0 Å². The fraction of sp³-hybridized carbons (Fsp3) is 0.818. The molecule has 1 saturated heterocycles. The first-order valence-corrected chi connectivity index (χ1v) is 8.12. The van der Waals surface area contributed by atoms with Gasteiger partial charge in [-0.2, -0.15) is 4.31 Å². The molecule has 1 aliphatic heterocycles. The smallest absolute Gasteiger partial charge is 0.326 e. The minimum Gasteiger partial charge on any atom is -0.480 e. The predicted molar refractivity (Wildman–Crippen MR) is 69.0 cm³/mol. The second kappa shape index (κ2) is 6.33. The summed E-state index contributed by atoms with van der Waals surface area (Å²) in [6.07, 6.45) is 3.04. The molecule has 2 N–H and O–H groups in total. The molecule has 0 aromatic heterocycles. The normalized spacial score (nSPS) is 22.1. The second-order valence-electron chi connectivity index (χ2n) is 4.72. The molecule has 1 rings (SSSR count). The highest BCUT2D eigenvalue weighted by Gasteiger charge is 2.37. The first-order chi connectivity index (χ1) is 8.77. The Morgan fingerprint density at radius 3 is 2.58 bits per heavy atom. The SMILES string of the molecule is CCC[C@@H](NC(=O)[C@@H]1CCCN1S(C)(=O)=O)C(=O)O. The van der Waals surface area contributed by atoms with Crippen molar-refractivity contribution >= 4 is 21.9 Å². The lowest BCUT2D eigenvalue weighted by Crippen LogP contribution is -2.50. The number of nitrogens with zero attached hydrogens (tertiary/aromatic N) is 1. The predicted octanol–water partition coefficient (Wildman–Crippen LogP) is -0.220. The van der Waals surface area contributed by atoms with Crippen LogP contribution < -0.4 is 5.32 Å². The van der Waals surface area contributed by atoms with Crippen molar-refractivity contribution in [3.63, 3.8) is 0 Å². The average molecular weight is 292 g/mol. The van der Waals surface area contributed by atoms with Crippen LogP contribution in [0.2, 0.25) is 0 Å². The Labute approximate surface area is 113 Å². The van der Waals surface area contributed by atoms with Crippen LogP contribution >= 0.6 is 0 Å². The molecule has 0 aliphatic carbocycles. The highest BCUT2D eigenvalue weighted by molar-refractivity contribution is 7.88. The van der Waals surface area contributed by atoms with Gasteiger partial charge in [-0.15, -0.1) is 0 Å². The van der Waals surface area contributed by atoms with E-state index in [2.05, 4.69) is 5.32 Å². The van der Waals surface area contributed by atoms with E-state index in [0.29, 0.717) is 32.2 Å². The summed E-state index contributed by atoms with van der Waals surface area (Å²) in [5.74, 6) is -1.62. The number of sulfonamides is 1. The summed E-state index contributed by atoms with van der Waals surface area (Å²) in [4.78, 5) is 23.0. The van der Waals surface area contributed by atoms with E-state index in [1.165, 1.54) is 0 Å². The fourth-order valence-corrected chi connectivity index (χ4v) is 3.34. The molecule has 0 aromatic rings. The quantitative estimate of drug-likeness (QED) is 0.704. The maximum Gasteiger partial charge on any atom is 0.326 e. The molecule has 0 unspecified atom stereocenters. The zero-order valence-corrected chi connectivity index (χ0v) is 11.9. The number of rotatable bonds is 6. The van der Waals surface area contributed by atoms with E-state index in [9.17, 15) is 18.0 Å². The Morgan fingerprint density at radius 2 is 2.11 bits per heavy atom. The average Bonchev–Trinajstić information content (AvgIpc) is 2.76. The van der Waals surface area contributed by atoms with Gasteiger partial charge in [0, 0.05) is 6.54 Å². The van der Waals surface area contributed by atoms with Crippen molar-refractivity contribution in [1.29, 1.82) is 0 Å². The molecular weight excluding hydrogens is 272 g/mol. The molecule has 2 atom stereocenters. The summed E-state index contributed by atoms with van der Waals surface area (Å²) in [6, 6.07) is -1.74. The Hall–Kier alpha value is -1.15. The van der Waals surface area contributed by atoms with Crippen molar-refractivity contribution in [2.75, 3.05) is 12.8 Å². The van der Waals surface area contributed by atoms with E-state index >= 15 is 0 Å². The van der Waals surface area contributed by atoms with Gasteiger partial charge < -0.3 is 10.4 Å². The van der Waals surface area contributed by atoms with Gasteiger partial charge in [0.15, 0.2) is 0 Å². The first-order valence-electron chi connectivity index (χ1n) is 6.27. The lowest BCUT2D eigenvalue weighted by atomic mass is 10.1. The van der Waals surface area contributed by atoms with Gasteiger partial charge in [0.05, 0.1) is 6.26 Å². The first kappa shape index (κ1) is 15.9. The maximum absolute atomic E-state index is 12.0. The van der Waals surface area contributed by atoms with Crippen molar-refractivity contribution in [2.24, 2.45) is 0 Å². The van der Waals surface area contributed by atoms with Crippen molar-refractivity contribution in [1.82, 2.24) is 9.62 Å². The molecular formula is C11H20N2O5S. The van der Waals surface area contributed by atoms with Crippen LogP contribution in [-0.2, 0) is 19.6 Å². The van der Waals surface area contributed by atoms with Crippen molar-refractivity contribution in [3.05, 3.63) is 0 Å². The lowest BCUT2D eigenvalue weighted by Gasteiger charge is -2.23. The largest absolute Gasteiger partial charge is 0.480 e. The summed E-state index contributed by atoms with van der Waals surface area (Å²) in [5, 5.41) is 11.4. The van der Waals surface area contributed by atoms with E-state index < -0.39 is 34.0 Å². The second-order valence-corrected chi connectivity index (χ2v) is 6.65. The molecule has 0 radical (unpaired) electrons. The van der Waals surface area contributed by atoms with Crippen molar-refractivity contribution < 1.29 is 23.1 Å². The van der Waals surface area contributed by atoms with Crippen LogP contribution in [0.3, 0.4) is 0 Å². The number of nitrogens with one attached hydrogen (secondary N) is 1. The zero-order valence-electron chi connectivity index (χ0n) is 11.1. The van der Waals surface area contributed by atoms with Crippen LogP contribution in [0.5, 0.6) is 0 Å². The van der Waals surface area contributed by atoms with Crippen molar-refractivity contribution in [3.8, 4) is 0 Å². The third kappa shape index (κ3) is 4.17. The van der Waals surface area contributed by atoms with Gasteiger partial charge in [-0.1, -0.05) is 13.3 Å². The van der Waals surface area contributed by atoms with E-state index in [1.54, 1.807) is 0 Å². The molecule has 0 bridgehead atoms. The van der Waals surface area contributed by atoms with E-state index in [1.807, 2.05) is 6.92 Å². The van der Waals surface area contributed by atoms with E-state index in [4.69, 9.17) is 5.11 Å². The molecule has 1 aliphatic rings. The highest BCUT2D eigenvalue weighted by atomic mass is 32.2. The van der Waals surface area contributed by atoms with Gasteiger partial charge in [0.2, 0.25) is 15.9 Å². The van der Waals surface area contributed by atoms with Crippen LogP contribution in [0.25, 0.3) is 0 Å². The molecule has 8 heteroatoms. The molecule has 7 nitrogen and oxygen atoms in total. The van der Waals surface area contributed by atoms with Crippen LogP contribution in [0.1, 0.15) is 32.6 Å². The summed E-state index contributed by atoms with van der Waals surface area (Å²) in [5.41, 5.74) is 0. The number of hydrogen-bond donors (Lipinski definition) is 2. The molecule has 0 spiro atoms. The Bertz CT molecular complexity index is 448. The van der Waals surface area contributed by atoms with Gasteiger partial charge >= 0.3 is 5.97 Å². The monoisotopic (exact) mass is 292 g/mol. The van der Waals surface area contributed by atoms with Crippen LogP contribution in [-0.4, -0.2) is 54.6 Å². The molecule has 0 saturated carbocycles. The standard InChI is InChI=1S/C11H20N2O5S/c1-3-5-8(11(15)16)12-10(14)9-6-4-7-13(9)19(2,17)18/h8-9H,3-7H2,1-2H3,(H,12,14)(H,15,16)/t8-,9+/m1/s1. The third-order valence-electron chi connectivity index (χ3n) is 3.12. The molecule has 0 aromatic carbocycles. The summed E-state index contributed by atoms with van der Waals surface area (Å²) in [7, 11) is -3.44. The Morgan fingerprint density at radius 1 is 1.47 bits per heavy atom. The third-order valence-corrected chi connectivity index (χ3v) is 4.41. The number of amides is 1. The number of carbonyl (C=O) groups excluding carboxylic acids is 1. The van der Waals surface area contributed by atoms with Gasteiger partial charge in [-0.3, -0.25) is 4.79 Å². The zero-order chi connectivity index (χ0) is 14.6.